The summed E-state index contributed by atoms with van der Waals surface area (Å²) in [6.07, 6.45) is 0. The summed E-state index contributed by atoms with van der Waals surface area (Å²) in [5, 5.41) is 23.2. The molecule has 0 saturated carbocycles. The molecule has 2 aromatic rings. The summed E-state index contributed by atoms with van der Waals surface area (Å²) in [6, 6.07) is 8.34. The third-order valence-electron chi connectivity index (χ3n) is 3.95. The van der Waals surface area contributed by atoms with Gasteiger partial charge in [0.1, 0.15) is 33.2 Å². The molecule has 0 aliphatic heterocycles. The minimum Gasteiger partial charge on any atom is -0.747 e. The first-order valence-corrected chi connectivity index (χ1v) is 12.9. The maximum absolute atomic E-state index is 12.3. The molecular formula is C17H19N3Na2O11S3. The van der Waals surface area contributed by atoms with E-state index in [0.717, 1.165) is 0 Å². The monoisotopic (exact) mass is 583 g/mol. The van der Waals surface area contributed by atoms with E-state index in [1.54, 1.807) is 0 Å². The van der Waals surface area contributed by atoms with E-state index in [0.29, 0.717) is 5.69 Å². The first kappa shape index (κ1) is 35.5. The molecule has 14 nitrogen and oxygen atoms in total. The average molecular weight is 584 g/mol. The molecule has 36 heavy (non-hydrogen) atoms. The second-order valence-corrected chi connectivity index (χ2v) is 10.2. The molecule has 1 N–H and O–H groups in total. The number of hydrogen-bond donors (Lipinski definition) is 1. The smallest absolute Gasteiger partial charge is 0.747 e. The van der Waals surface area contributed by atoms with Crippen molar-refractivity contribution in [3.05, 3.63) is 36.4 Å². The first-order valence-electron chi connectivity index (χ1n) is 9.02. The van der Waals surface area contributed by atoms with E-state index in [1.165, 1.54) is 50.6 Å². The van der Waals surface area contributed by atoms with Gasteiger partial charge < -0.3 is 24.6 Å². The number of nitrogens with zero attached hydrogens (tertiary/aromatic N) is 2. The minimum absolute atomic E-state index is 0. The van der Waals surface area contributed by atoms with Crippen molar-refractivity contribution >= 4 is 49.3 Å². The van der Waals surface area contributed by atoms with Gasteiger partial charge in [0, 0.05) is 12.1 Å². The average Bonchev–Trinajstić information content (AvgIpc) is 2.80. The number of ether oxygens (including phenoxy) is 2. The topological polar surface area (TPSA) is 197 Å². The van der Waals surface area contributed by atoms with Crippen molar-refractivity contribution in [2.24, 2.45) is 10.2 Å². The molecule has 0 heterocycles. The normalized spacial score (nSPS) is 11.4. The Morgan fingerprint density at radius 3 is 2.17 bits per heavy atom. The molecule has 2 aromatic carbocycles. The largest absolute Gasteiger partial charge is 1.00 e. The second kappa shape index (κ2) is 17.2. The van der Waals surface area contributed by atoms with E-state index in [1.807, 2.05) is 0 Å². The van der Waals surface area contributed by atoms with Gasteiger partial charge in [-0.3, -0.25) is 9.22 Å². The van der Waals surface area contributed by atoms with Gasteiger partial charge in [-0.15, -0.1) is 9.45 Å². The van der Waals surface area contributed by atoms with Crippen molar-refractivity contribution in [2.75, 3.05) is 37.8 Å². The third-order valence-corrected chi connectivity index (χ3v) is 6.51. The number of rotatable bonds is 14. The third kappa shape index (κ3) is 11.9. The number of benzene rings is 2. The summed E-state index contributed by atoms with van der Waals surface area (Å²) in [6.45, 7) is -0.245. The second-order valence-electron chi connectivity index (χ2n) is 6.14. The van der Waals surface area contributed by atoms with Crippen LogP contribution < -0.4 is 79.2 Å². The van der Waals surface area contributed by atoms with E-state index >= 15 is 0 Å². The standard InChI is InChI=1S/C17H21N3O11S3.2Na/c1-27-16-10-15(17(28-2)9-14(16)18-11-34(24,25)26)20-19-12-3-5-13(6-4-12)33(22,23)8-7-29-32-31-30-21;;/h3-6,9-10,18,21H,7-8,11H2,1-2H3,(H,24,25,26);;/q;2*+1/p-2. The van der Waals surface area contributed by atoms with Gasteiger partial charge in [-0.1, -0.05) is 0 Å². The van der Waals surface area contributed by atoms with Crippen LogP contribution in [0.15, 0.2) is 51.5 Å². The van der Waals surface area contributed by atoms with Crippen LogP contribution >= 0.6 is 12.3 Å². The molecule has 0 spiro atoms. The van der Waals surface area contributed by atoms with E-state index in [9.17, 15) is 26.6 Å². The predicted octanol–water partition coefficient (Wildman–Crippen LogP) is -4.38. The van der Waals surface area contributed by atoms with Gasteiger partial charge in [0.25, 0.3) is 0 Å². The van der Waals surface area contributed by atoms with E-state index in [2.05, 4.69) is 24.9 Å². The van der Waals surface area contributed by atoms with Crippen LogP contribution in [0.25, 0.3) is 0 Å². The molecule has 0 aromatic heterocycles. The van der Waals surface area contributed by atoms with Crippen molar-refractivity contribution in [3.63, 3.8) is 0 Å². The maximum atomic E-state index is 12.3. The molecule has 0 saturated heterocycles. The van der Waals surface area contributed by atoms with E-state index < -0.39 is 25.8 Å². The van der Waals surface area contributed by atoms with Gasteiger partial charge in [-0.25, -0.2) is 16.8 Å². The van der Waals surface area contributed by atoms with Gasteiger partial charge in [0.2, 0.25) is 0 Å². The van der Waals surface area contributed by atoms with Crippen LogP contribution in [-0.2, 0) is 33.5 Å². The predicted molar refractivity (Wildman–Crippen MR) is 116 cm³/mol. The number of hydrogen-bond acceptors (Lipinski definition) is 15. The zero-order chi connectivity index (χ0) is 25.2. The Balaban J connectivity index is 0.00000612. The van der Waals surface area contributed by atoms with Gasteiger partial charge in [-0.05, 0) is 24.3 Å². The van der Waals surface area contributed by atoms with Gasteiger partial charge >= 0.3 is 59.1 Å². The molecule has 0 amide bonds. The molecule has 0 aliphatic carbocycles. The van der Waals surface area contributed by atoms with Crippen LogP contribution in [0.1, 0.15) is 0 Å². The van der Waals surface area contributed by atoms with Crippen LogP contribution in [0, 0.1) is 0 Å². The Hall–Kier alpha value is -0.510. The Morgan fingerprint density at radius 1 is 0.972 bits per heavy atom. The van der Waals surface area contributed by atoms with Crippen LogP contribution in [0.2, 0.25) is 0 Å². The molecule has 19 heteroatoms. The fourth-order valence-electron chi connectivity index (χ4n) is 2.42. The fraction of sp³-hybridized carbons (Fsp3) is 0.294. The van der Waals surface area contributed by atoms with E-state index in [4.69, 9.17) is 13.7 Å². The molecule has 0 radical (unpaired) electrons. The summed E-state index contributed by atoms with van der Waals surface area (Å²) in [7, 11) is -5.49. The Morgan fingerprint density at radius 2 is 1.61 bits per heavy atom. The Kier molecular flexibility index (Phi) is 16.9. The molecular weight excluding hydrogens is 564 g/mol. The molecule has 0 atom stereocenters. The molecule has 2 rings (SSSR count). The zero-order valence-corrected chi connectivity index (χ0v) is 26.1. The number of azo groups is 1. The molecule has 0 unspecified atom stereocenters. The molecule has 188 valence electrons. The van der Waals surface area contributed by atoms with Crippen molar-refractivity contribution < 1.29 is 109 Å². The summed E-state index contributed by atoms with van der Waals surface area (Å²) < 4.78 is 76.2. The quantitative estimate of drug-likeness (QED) is 0.0426. The van der Waals surface area contributed by atoms with Gasteiger partial charge in [0.15, 0.2) is 22.2 Å². The number of sulfone groups is 1. The summed E-state index contributed by atoms with van der Waals surface area (Å²) in [5.74, 6) is -0.824. The van der Waals surface area contributed by atoms with Gasteiger partial charge in [-0.2, -0.15) is 5.11 Å². The fourth-order valence-corrected chi connectivity index (χ4v) is 4.16. The summed E-state index contributed by atoms with van der Waals surface area (Å²) in [5.41, 5.74) is 0.750. The zero-order valence-electron chi connectivity index (χ0n) is 19.7. The number of anilines is 1. The molecule has 0 aliphatic rings. The van der Waals surface area contributed by atoms with Crippen LogP contribution in [0.5, 0.6) is 11.5 Å². The SMILES string of the molecule is COc1cc(NCS(=O)(=O)[O-])c(OC)cc1N=Nc1ccc(S(=O)(=O)CCOSOO[O-])cc1.[Na+].[Na+]. The van der Waals surface area contributed by atoms with E-state index in [-0.39, 0.29) is 112 Å². The molecule has 0 bridgehead atoms. The Labute approximate surface area is 256 Å². The molecule has 0 fully saturated rings. The Bertz CT molecular complexity index is 1200. The first-order chi connectivity index (χ1) is 16.1. The maximum Gasteiger partial charge on any atom is 1.00 e. The van der Waals surface area contributed by atoms with Crippen molar-refractivity contribution in [3.8, 4) is 11.5 Å². The minimum atomic E-state index is -4.52. The number of nitrogens with one attached hydrogen (secondary N) is 1. The van der Waals surface area contributed by atoms with Crippen LogP contribution in [0.3, 0.4) is 0 Å². The number of methoxy groups -OCH3 is 2. The van der Waals surface area contributed by atoms with Crippen molar-refractivity contribution in [1.82, 2.24) is 0 Å². The summed E-state index contributed by atoms with van der Waals surface area (Å²) >= 11 is 0.216. The summed E-state index contributed by atoms with van der Waals surface area (Å²) in [4.78, 5) is 0.0176. The van der Waals surface area contributed by atoms with Gasteiger partial charge in [0.05, 0.1) is 42.8 Å². The van der Waals surface area contributed by atoms with Crippen molar-refractivity contribution in [2.45, 2.75) is 4.90 Å². The van der Waals surface area contributed by atoms with Crippen LogP contribution in [-0.4, -0.2) is 53.8 Å². The van der Waals surface area contributed by atoms with Crippen LogP contribution in [0.4, 0.5) is 17.1 Å². The van der Waals surface area contributed by atoms with Crippen molar-refractivity contribution in [1.29, 1.82) is 0 Å².